The zero-order valence-corrected chi connectivity index (χ0v) is 40.7. The van der Waals surface area contributed by atoms with Crippen molar-refractivity contribution in [1.29, 1.82) is 0 Å². The maximum absolute atomic E-state index is 14.7. The predicted molar refractivity (Wildman–Crippen MR) is 264 cm³/mol. The van der Waals surface area contributed by atoms with Crippen molar-refractivity contribution in [3.05, 3.63) is 156 Å². The molecule has 0 fully saturated rings. The minimum atomic E-state index is -3.51. The molecule has 0 spiro atoms. The highest BCUT2D eigenvalue weighted by molar-refractivity contribution is 6.98. The normalized spacial score (nSPS) is 15.2. The highest BCUT2D eigenvalue weighted by atomic mass is 28.4. The van der Waals surface area contributed by atoms with E-state index in [9.17, 15) is 24.0 Å². The number of nitrogens with one attached hydrogen (secondary N) is 2. The molecule has 0 saturated carbocycles. The minimum absolute atomic E-state index is 0.000802. The van der Waals surface area contributed by atoms with Gasteiger partial charge in [0, 0.05) is 13.0 Å². The highest BCUT2D eigenvalue weighted by Crippen LogP contribution is 2.45. The molecule has 10 nitrogen and oxygen atoms in total. The van der Waals surface area contributed by atoms with Crippen LogP contribution in [0, 0.1) is 17.8 Å². The molecule has 6 rings (SSSR count). The molecule has 0 bridgehead atoms. The van der Waals surface area contributed by atoms with Gasteiger partial charge in [0.1, 0.15) is 31.3 Å². The zero-order valence-electron chi connectivity index (χ0n) is 39.7. The second-order valence-electron chi connectivity index (χ2n) is 18.7. The average molecular weight is 910 g/mol. The van der Waals surface area contributed by atoms with Crippen molar-refractivity contribution in [3.63, 3.8) is 0 Å². The highest BCUT2D eigenvalue weighted by Gasteiger charge is 2.51. The minimum Gasteiger partial charge on any atom is -0.459 e. The Labute approximate surface area is 392 Å². The first-order chi connectivity index (χ1) is 31.6. The number of likely N-dealkylation sites (N-methyl/N-ethyl adjacent to an activating group) is 1. The Bertz CT molecular complexity index is 2330. The monoisotopic (exact) mass is 909 g/mol. The van der Waals surface area contributed by atoms with Crippen molar-refractivity contribution < 1.29 is 33.4 Å². The first-order valence-corrected chi connectivity index (χ1v) is 25.3. The van der Waals surface area contributed by atoms with E-state index in [1.807, 2.05) is 164 Å². The van der Waals surface area contributed by atoms with E-state index in [1.54, 1.807) is 7.05 Å². The first-order valence-electron chi connectivity index (χ1n) is 23.3. The number of rotatable bonds is 20. The number of fused-ring (bicyclic) bond motifs is 3. The van der Waals surface area contributed by atoms with Crippen molar-refractivity contribution in [2.24, 2.45) is 17.8 Å². The van der Waals surface area contributed by atoms with Crippen molar-refractivity contribution in [1.82, 2.24) is 15.5 Å². The van der Waals surface area contributed by atoms with Crippen molar-refractivity contribution in [2.45, 2.75) is 103 Å². The number of esters is 1. The van der Waals surface area contributed by atoms with Gasteiger partial charge in [-0.2, -0.15) is 0 Å². The van der Waals surface area contributed by atoms with Gasteiger partial charge in [-0.15, -0.1) is 0 Å². The predicted octanol–water partition coefficient (Wildman–Crippen LogP) is 8.60. The number of hydrogen-bond acceptors (Lipinski definition) is 7. The third-order valence-corrected chi connectivity index (χ3v) is 18.3. The van der Waals surface area contributed by atoms with Crippen LogP contribution in [0.2, 0.25) is 5.04 Å². The Morgan fingerprint density at radius 2 is 1.11 bits per heavy atom. The van der Waals surface area contributed by atoms with Crippen LogP contribution < -0.4 is 21.0 Å². The van der Waals surface area contributed by atoms with Gasteiger partial charge in [0.05, 0.1) is 0 Å². The fourth-order valence-corrected chi connectivity index (χ4v) is 13.5. The number of carbonyl (C=O) groups is 4. The molecular weight excluding hydrogens is 843 g/mol. The molecule has 3 amide bonds. The molecule has 0 aliphatic heterocycles. The molecule has 0 aromatic heterocycles. The zero-order chi connectivity index (χ0) is 47.6. The molecule has 1 aliphatic rings. The number of ether oxygens (including phenoxy) is 2. The lowest BCUT2D eigenvalue weighted by Crippen LogP contribution is -2.66. The van der Waals surface area contributed by atoms with Gasteiger partial charge in [0.15, 0.2) is 0 Å². The van der Waals surface area contributed by atoms with Crippen molar-refractivity contribution >= 4 is 42.6 Å². The topological polar surface area (TPSA) is 134 Å². The summed E-state index contributed by atoms with van der Waals surface area (Å²) in [5.74, 6) is -3.00. The maximum atomic E-state index is 14.7. The first kappa shape index (κ1) is 49.4. The Balaban J connectivity index is 1.23. The molecule has 5 aromatic rings. The quantitative estimate of drug-likeness (QED) is 0.0526. The summed E-state index contributed by atoms with van der Waals surface area (Å²) in [5.41, 5.74) is 5.18. The molecule has 11 heteroatoms. The number of hydrogen-bond donors (Lipinski definition) is 3. The molecule has 2 unspecified atom stereocenters. The van der Waals surface area contributed by atoms with E-state index in [2.05, 4.69) is 34.9 Å². The van der Waals surface area contributed by atoms with Gasteiger partial charge >= 0.3 is 12.1 Å². The molecule has 6 atom stereocenters. The smallest absolute Gasteiger partial charge is 0.410 e. The lowest BCUT2D eigenvalue weighted by Gasteiger charge is -2.43. The van der Waals surface area contributed by atoms with Crippen LogP contribution in [0.1, 0.15) is 90.3 Å². The number of nitrogens with zero attached hydrogens (tertiary/aromatic N) is 1. The van der Waals surface area contributed by atoms with Gasteiger partial charge in [-0.3, -0.25) is 14.5 Å². The largest absolute Gasteiger partial charge is 0.459 e. The summed E-state index contributed by atoms with van der Waals surface area (Å²) in [6.07, 6.45) is 0.803. The molecule has 0 radical (unpaired) electrons. The fourth-order valence-electron chi connectivity index (χ4n) is 9.66. The second-order valence-corrected chi connectivity index (χ2v) is 22.6. The van der Waals surface area contributed by atoms with E-state index >= 15 is 0 Å². The lowest BCUT2D eigenvalue weighted by atomic mass is 9.90. The van der Waals surface area contributed by atoms with Crippen LogP contribution in [-0.4, -0.2) is 73.7 Å². The number of amides is 3. The van der Waals surface area contributed by atoms with Crippen LogP contribution in [0.5, 0.6) is 0 Å². The Morgan fingerprint density at radius 3 is 1.62 bits per heavy atom. The van der Waals surface area contributed by atoms with E-state index in [0.717, 1.165) is 38.2 Å². The number of benzene rings is 5. The molecule has 0 heterocycles. The summed E-state index contributed by atoms with van der Waals surface area (Å²) in [5, 5.41) is 6.95. The summed E-state index contributed by atoms with van der Waals surface area (Å²) in [6.45, 7) is 13.7. The standard InChI is InChI=1S/C55H67N3O7Si/c1-9-37(3)48(56-52(60)50(38(4)10-2)58(8)54(62)65-36-47-45-32-22-20-30-43(45)44-31-21-23-33-46(44)47)51(59)57-49(53(61)64-35-40-24-14-11-15-25-40)39(5)34-55(6,7)66(63,41-26-16-12-17-27-41)42-28-18-13-19-29-42/h11-33,37-39,47-50,63H,9-10,34-36H2,1-8H3,(H,56,60)(H,57,59)/t37?,38-,39-,48?,49-,50-/m0/s1. The fraction of sp³-hybridized carbons (Fsp3) is 0.382. The van der Waals surface area contributed by atoms with Crippen LogP contribution >= 0.6 is 0 Å². The van der Waals surface area contributed by atoms with Crippen LogP contribution in [0.4, 0.5) is 4.79 Å². The van der Waals surface area contributed by atoms with Gasteiger partial charge in [0.2, 0.25) is 11.8 Å². The van der Waals surface area contributed by atoms with Crippen LogP contribution in [0.3, 0.4) is 0 Å². The van der Waals surface area contributed by atoms with Crippen LogP contribution in [0.15, 0.2) is 140 Å². The number of carbonyl (C=O) groups excluding carboxylic acids is 4. The van der Waals surface area contributed by atoms with E-state index in [1.165, 1.54) is 4.90 Å². The maximum Gasteiger partial charge on any atom is 0.410 e. The van der Waals surface area contributed by atoms with Gasteiger partial charge in [-0.05, 0) is 67.4 Å². The van der Waals surface area contributed by atoms with Gasteiger partial charge < -0.3 is 24.9 Å². The van der Waals surface area contributed by atoms with Crippen LogP contribution in [0.25, 0.3) is 11.1 Å². The third kappa shape index (κ3) is 10.8. The van der Waals surface area contributed by atoms with Crippen molar-refractivity contribution in [3.8, 4) is 11.1 Å². The molecule has 3 N–H and O–H groups in total. The van der Waals surface area contributed by atoms with Crippen molar-refractivity contribution in [2.75, 3.05) is 13.7 Å². The SMILES string of the molecule is CCC(C)C(NC(=O)[C@H]([C@@H](C)CC)N(C)C(=O)OCC1c2ccccc2-c2ccccc21)C(=O)N[C@H](C(=O)OCc1ccccc1)[C@@H](C)CC(C)(C)[Si](O)(c1ccccc1)c1ccccc1. The summed E-state index contributed by atoms with van der Waals surface area (Å²) in [4.78, 5) is 71.8. The van der Waals surface area contributed by atoms with E-state index in [-0.39, 0.29) is 31.0 Å². The van der Waals surface area contributed by atoms with Gasteiger partial charge in [-0.1, -0.05) is 201 Å². The molecule has 66 heavy (non-hydrogen) atoms. The molecule has 348 valence electrons. The Kier molecular flexibility index (Phi) is 16.4. The summed E-state index contributed by atoms with van der Waals surface area (Å²) >= 11 is 0. The molecular formula is C55H67N3O7Si. The summed E-state index contributed by atoms with van der Waals surface area (Å²) in [7, 11) is -1.95. The molecule has 0 saturated heterocycles. The second kappa shape index (κ2) is 22.0. The van der Waals surface area contributed by atoms with E-state index in [4.69, 9.17) is 9.47 Å². The average Bonchev–Trinajstić information content (AvgIpc) is 3.66. The van der Waals surface area contributed by atoms with E-state index in [0.29, 0.717) is 19.3 Å². The van der Waals surface area contributed by atoms with Gasteiger partial charge in [0.25, 0.3) is 8.32 Å². The van der Waals surface area contributed by atoms with Gasteiger partial charge in [-0.25, -0.2) is 9.59 Å². The summed E-state index contributed by atoms with van der Waals surface area (Å²) in [6, 6.07) is 41.7. The Hall–Kier alpha value is -6.04. The third-order valence-electron chi connectivity index (χ3n) is 13.8. The summed E-state index contributed by atoms with van der Waals surface area (Å²) < 4.78 is 11.9. The van der Waals surface area contributed by atoms with Crippen LogP contribution in [-0.2, 0) is 30.5 Å². The molecule has 5 aromatic carbocycles. The Morgan fingerprint density at radius 1 is 0.636 bits per heavy atom. The lowest BCUT2D eigenvalue weighted by molar-refractivity contribution is -0.151. The van der Waals surface area contributed by atoms with E-state index < -0.39 is 61.3 Å². The molecule has 1 aliphatic carbocycles.